The summed E-state index contributed by atoms with van der Waals surface area (Å²) in [5.74, 6) is -0.893. The molecular weight excluding hydrogens is 817 g/mol. The van der Waals surface area contributed by atoms with Crippen molar-refractivity contribution in [1.82, 2.24) is 0 Å². The maximum absolute atomic E-state index is 12.9. The third-order valence-electron chi connectivity index (χ3n) is 12.3. The van der Waals surface area contributed by atoms with Crippen LogP contribution in [0, 0.1) is 0 Å². The van der Waals surface area contributed by atoms with Crippen LogP contribution in [0.1, 0.15) is 284 Å². The Bertz CT molecular complexity index is 1200. The highest BCUT2D eigenvalue weighted by molar-refractivity contribution is 5.71. The summed E-state index contributed by atoms with van der Waals surface area (Å²) >= 11 is 0. The molecule has 0 amide bonds. The van der Waals surface area contributed by atoms with E-state index in [9.17, 15) is 14.4 Å². The van der Waals surface area contributed by atoms with Crippen LogP contribution in [0.4, 0.5) is 0 Å². The Morgan fingerprint density at radius 3 is 0.970 bits per heavy atom. The molecule has 0 saturated carbocycles. The molecule has 1 unspecified atom stereocenters. The van der Waals surface area contributed by atoms with Crippen LogP contribution in [0.5, 0.6) is 0 Å². The lowest BCUT2D eigenvalue weighted by Crippen LogP contribution is -2.30. The number of carbonyl (C=O) groups excluding carboxylic acids is 3. The first kappa shape index (κ1) is 63.1. The highest BCUT2D eigenvalue weighted by atomic mass is 16.6. The third-order valence-corrected chi connectivity index (χ3v) is 12.3. The van der Waals surface area contributed by atoms with Crippen LogP contribution in [0.3, 0.4) is 0 Å². The number of rotatable bonds is 51. The molecule has 0 aliphatic rings. The lowest BCUT2D eigenvalue weighted by Gasteiger charge is -2.18. The van der Waals surface area contributed by atoms with Gasteiger partial charge in [-0.1, -0.05) is 248 Å². The van der Waals surface area contributed by atoms with Gasteiger partial charge in [-0.05, 0) is 77.0 Å². The molecule has 0 bridgehead atoms. The number of allylic oxidation sites excluding steroid dienone is 10. The first-order valence-electron chi connectivity index (χ1n) is 28.3. The fourth-order valence-electron chi connectivity index (χ4n) is 8.00. The Kier molecular flexibility index (Phi) is 52.3. The molecule has 0 aromatic heterocycles. The first-order chi connectivity index (χ1) is 32.5. The van der Waals surface area contributed by atoms with E-state index in [0.29, 0.717) is 19.3 Å². The van der Waals surface area contributed by atoms with Crippen LogP contribution in [0.2, 0.25) is 0 Å². The maximum atomic E-state index is 12.9. The fraction of sp³-hybridized carbons (Fsp3) is 0.783. The molecule has 0 aromatic rings. The van der Waals surface area contributed by atoms with Crippen molar-refractivity contribution in [3.63, 3.8) is 0 Å². The van der Waals surface area contributed by atoms with E-state index in [4.69, 9.17) is 14.2 Å². The SMILES string of the molecule is CC/C=C\C/C=C\C/C=C\CCCCCCCCCC(=O)OCC(COC(=O)CCCCCCC/C=C\C/C=C\CCCC)OC(=O)CCCCCCCCCCCCCCCCCCC. The van der Waals surface area contributed by atoms with Crippen LogP contribution in [-0.2, 0) is 28.6 Å². The highest BCUT2D eigenvalue weighted by Gasteiger charge is 2.19. The lowest BCUT2D eigenvalue weighted by molar-refractivity contribution is -0.167. The zero-order valence-electron chi connectivity index (χ0n) is 43.7. The van der Waals surface area contributed by atoms with E-state index in [2.05, 4.69) is 81.5 Å². The van der Waals surface area contributed by atoms with Crippen molar-refractivity contribution >= 4 is 17.9 Å². The fourth-order valence-corrected chi connectivity index (χ4v) is 8.00. The second-order valence-electron chi connectivity index (χ2n) is 18.8. The Balaban J connectivity index is 4.38. The second kappa shape index (κ2) is 54.7. The monoisotopic (exact) mass is 923 g/mol. The molecule has 0 spiro atoms. The first-order valence-corrected chi connectivity index (χ1v) is 28.3. The smallest absolute Gasteiger partial charge is 0.306 e. The van der Waals surface area contributed by atoms with E-state index in [-0.39, 0.29) is 31.1 Å². The van der Waals surface area contributed by atoms with Gasteiger partial charge >= 0.3 is 17.9 Å². The molecule has 1 atom stereocenters. The molecule has 0 heterocycles. The summed E-state index contributed by atoms with van der Waals surface area (Å²) in [6, 6.07) is 0. The predicted octanol–water partition coefficient (Wildman–Crippen LogP) is 18.8. The van der Waals surface area contributed by atoms with E-state index in [1.54, 1.807) is 0 Å². The van der Waals surface area contributed by atoms with Crippen LogP contribution < -0.4 is 0 Å². The second-order valence-corrected chi connectivity index (χ2v) is 18.8. The van der Waals surface area contributed by atoms with Gasteiger partial charge in [0.25, 0.3) is 0 Å². The molecule has 6 nitrogen and oxygen atoms in total. The number of hydrogen-bond donors (Lipinski definition) is 0. The van der Waals surface area contributed by atoms with Crippen molar-refractivity contribution in [2.45, 2.75) is 290 Å². The van der Waals surface area contributed by atoms with E-state index < -0.39 is 6.10 Å². The van der Waals surface area contributed by atoms with Gasteiger partial charge in [-0.15, -0.1) is 0 Å². The summed E-state index contributed by atoms with van der Waals surface area (Å²) in [7, 11) is 0. The Morgan fingerprint density at radius 2 is 0.606 bits per heavy atom. The van der Waals surface area contributed by atoms with Crippen molar-refractivity contribution in [2.75, 3.05) is 13.2 Å². The topological polar surface area (TPSA) is 78.9 Å². The predicted molar refractivity (Wildman–Crippen MR) is 284 cm³/mol. The molecule has 0 aliphatic carbocycles. The van der Waals surface area contributed by atoms with Crippen LogP contribution >= 0.6 is 0 Å². The molecule has 0 aromatic carbocycles. The molecular formula is C60H106O6. The van der Waals surface area contributed by atoms with Gasteiger partial charge in [0.05, 0.1) is 0 Å². The molecule has 0 rings (SSSR count). The Labute approximate surface area is 409 Å². The van der Waals surface area contributed by atoms with Gasteiger partial charge in [0.1, 0.15) is 13.2 Å². The minimum atomic E-state index is -0.782. The zero-order chi connectivity index (χ0) is 47.9. The molecule has 0 aliphatic heterocycles. The zero-order valence-corrected chi connectivity index (χ0v) is 43.7. The largest absolute Gasteiger partial charge is 0.462 e. The van der Waals surface area contributed by atoms with Crippen LogP contribution in [0.15, 0.2) is 60.8 Å². The van der Waals surface area contributed by atoms with Crippen molar-refractivity contribution in [3.05, 3.63) is 60.8 Å². The molecule has 0 saturated heterocycles. The number of ether oxygens (including phenoxy) is 3. The van der Waals surface area contributed by atoms with E-state index in [1.807, 2.05) is 0 Å². The maximum Gasteiger partial charge on any atom is 0.306 e. The Morgan fingerprint density at radius 1 is 0.318 bits per heavy atom. The van der Waals surface area contributed by atoms with Crippen molar-refractivity contribution in [1.29, 1.82) is 0 Å². The average Bonchev–Trinajstić information content (AvgIpc) is 3.31. The number of carbonyl (C=O) groups is 3. The molecule has 0 radical (unpaired) electrons. The lowest BCUT2D eigenvalue weighted by atomic mass is 10.0. The normalized spacial score (nSPS) is 12.5. The summed E-state index contributed by atoms with van der Waals surface area (Å²) in [4.78, 5) is 38.1. The van der Waals surface area contributed by atoms with Gasteiger partial charge in [-0.2, -0.15) is 0 Å². The highest BCUT2D eigenvalue weighted by Crippen LogP contribution is 2.16. The van der Waals surface area contributed by atoms with Crippen LogP contribution in [0.25, 0.3) is 0 Å². The summed E-state index contributed by atoms with van der Waals surface area (Å²) in [6.07, 6.45) is 67.8. The standard InChI is InChI=1S/C60H106O6/c1-4-7-10-13-16-19-22-25-28-30-32-35-38-41-44-47-50-53-59(62)65-56-57(55-64-58(61)52-49-46-43-40-37-34-27-24-21-18-15-12-9-6-3)66-60(63)54-51-48-45-42-39-36-33-31-29-26-23-20-17-14-11-8-5-2/h7,10,15-16,18-19,24-25,27-28,57H,4-6,8-9,11-14,17,20-23,26,29-56H2,1-3H3/b10-7-,18-15-,19-16-,27-24-,28-25-. The van der Waals surface area contributed by atoms with Crippen molar-refractivity contribution < 1.29 is 28.6 Å². The minimum absolute atomic E-state index is 0.0818. The van der Waals surface area contributed by atoms with E-state index >= 15 is 0 Å². The van der Waals surface area contributed by atoms with Gasteiger partial charge in [0.15, 0.2) is 6.10 Å². The third kappa shape index (κ3) is 52.1. The molecule has 66 heavy (non-hydrogen) atoms. The summed E-state index contributed by atoms with van der Waals surface area (Å²) < 4.78 is 16.9. The molecule has 6 heteroatoms. The Hall–Kier alpha value is -2.89. The van der Waals surface area contributed by atoms with Gasteiger partial charge < -0.3 is 14.2 Å². The summed E-state index contributed by atoms with van der Waals surface area (Å²) in [6.45, 7) is 6.50. The number of hydrogen-bond acceptors (Lipinski definition) is 6. The van der Waals surface area contributed by atoms with Gasteiger partial charge in [-0.3, -0.25) is 14.4 Å². The number of unbranched alkanes of at least 4 members (excludes halogenated alkanes) is 30. The van der Waals surface area contributed by atoms with E-state index in [1.165, 1.54) is 141 Å². The molecule has 0 N–H and O–H groups in total. The summed E-state index contributed by atoms with van der Waals surface area (Å²) in [5.41, 5.74) is 0. The average molecular weight is 924 g/mol. The van der Waals surface area contributed by atoms with Gasteiger partial charge in [0, 0.05) is 19.3 Å². The number of esters is 3. The summed E-state index contributed by atoms with van der Waals surface area (Å²) in [5, 5.41) is 0. The molecule has 0 fully saturated rings. The van der Waals surface area contributed by atoms with Crippen molar-refractivity contribution in [3.8, 4) is 0 Å². The minimum Gasteiger partial charge on any atom is -0.462 e. The van der Waals surface area contributed by atoms with Gasteiger partial charge in [-0.25, -0.2) is 0 Å². The quantitative estimate of drug-likeness (QED) is 0.0262. The van der Waals surface area contributed by atoms with Crippen LogP contribution in [-0.4, -0.2) is 37.2 Å². The van der Waals surface area contributed by atoms with Gasteiger partial charge in [0.2, 0.25) is 0 Å². The molecule has 382 valence electrons. The van der Waals surface area contributed by atoms with E-state index in [0.717, 1.165) is 103 Å². The van der Waals surface area contributed by atoms with Crippen molar-refractivity contribution in [2.24, 2.45) is 0 Å².